The molecule has 0 saturated carbocycles. The zero-order valence-electron chi connectivity index (χ0n) is 13.4. The maximum atomic E-state index is 11.8. The Balaban J connectivity index is 2.11. The minimum absolute atomic E-state index is 0.0523. The highest BCUT2D eigenvalue weighted by atomic mass is 32.2. The molecule has 1 rings (SSSR count). The van der Waals surface area contributed by atoms with E-state index in [-0.39, 0.29) is 12.3 Å². The maximum absolute atomic E-state index is 11.8. The summed E-state index contributed by atoms with van der Waals surface area (Å²) in [6, 6.07) is 6.26. The maximum Gasteiger partial charge on any atom is 0.303 e. The second-order valence-electron chi connectivity index (χ2n) is 5.47. The predicted molar refractivity (Wildman–Crippen MR) is 90.4 cm³/mol. The van der Waals surface area contributed by atoms with E-state index in [1.54, 1.807) is 11.8 Å². The minimum atomic E-state index is -0.739. The first kappa shape index (κ1) is 18.6. The molecule has 0 unspecified atom stereocenters. The standard InChI is InChI=1S/C17H25NO3S/c1-13-8-9-14(2)15(11-13)22-12-16(19)18-10-6-4-3-5-7-17(20)21/h8-9,11H,3-7,10,12H2,1-2H3,(H,18,19)(H,20,21). The van der Waals surface area contributed by atoms with Gasteiger partial charge in [0.15, 0.2) is 0 Å². The van der Waals surface area contributed by atoms with E-state index in [2.05, 4.69) is 30.4 Å². The van der Waals surface area contributed by atoms with Gasteiger partial charge in [-0.2, -0.15) is 0 Å². The van der Waals surface area contributed by atoms with Crippen molar-refractivity contribution in [3.63, 3.8) is 0 Å². The van der Waals surface area contributed by atoms with Crippen LogP contribution in [-0.2, 0) is 9.59 Å². The van der Waals surface area contributed by atoms with Crippen molar-refractivity contribution in [2.45, 2.75) is 50.8 Å². The summed E-state index contributed by atoms with van der Waals surface area (Å²) in [5.74, 6) is -0.253. The number of hydrogen-bond donors (Lipinski definition) is 2. The van der Waals surface area contributed by atoms with Gasteiger partial charge in [-0.1, -0.05) is 30.5 Å². The summed E-state index contributed by atoms with van der Waals surface area (Å²) in [5.41, 5.74) is 2.40. The van der Waals surface area contributed by atoms with Gasteiger partial charge in [-0.25, -0.2) is 0 Å². The number of hydrogen-bond acceptors (Lipinski definition) is 3. The van der Waals surface area contributed by atoms with Gasteiger partial charge in [0, 0.05) is 17.9 Å². The fourth-order valence-electron chi connectivity index (χ4n) is 2.04. The summed E-state index contributed by atoms with van der Waals surface area (Å²) >= 11 is 1.57. The number of aryl methyl sites for hydroxylation is 2. The summed E-state index contributed by atoms with van der Waals surface area (Å²) in [4.78, 5) is 23.3. The molecule has 0 aliphatic heterocycles. The Hall–Kier alpha value is -1.49. The molecule has 0 heterocycles. The van der Waals surface area contributed by atoms with Gasteiger partial charge in [-0.3, -0.25) is 9.59 Å². The quantitative estimate of drug-likeness (QED) is 0.510. The number of carbonyl (C=O) groups is 2. The lowest BCUT2D eigenvalue weighted by atomic mass is 10.1. The van der Waals surface area contributed by atoms with E-state index >= 15 is 0 Å². The van der Waals surface area contributed by atoms with Gasteiger partial charge in [0.25, 0.3) is 0 Å². The minimum Gasteiger partial charge on any atom is -0.481 e. The molecule has 0 fully saturated rings. The van der Waals surface area contributed by atoms with Crippen molar-refractivity contribution in [3.05, 3.63) is 29.3 Å². The summed E-state index contributed by atoms with van der Waals surface area (Å²) in [6.45, 7) is 4.77. The number of carboxylic acids is 1. The molecule has 0 aliphatic rings. The molecular formula is C17H25NO3S. The molecule has 0 radical (unpaired) electrons. The van der Waals surface area contributed by atoms with E-state index in [1.165, 1.54) is 11.1 Å². The molecule has 1 amide bonds. The smallest absolute Gasteiger partial charge is 0.303 e. The summed E-state index contributed by atoms with van der Waals surface area (Å²) in [5, 5.41) is 11.4. The number of carboxylic acid groups (broad SMARTS) is 1. The van der Waals surface area contributed by atoms with Gasteiger partial charge in [0.05, 0.1) is 5.75 Å². The van der Waals surface area contributed by atoms with Crippen LogP contribution < -0.4 is 5.32 Å². The highest BCUT2D eigenvalue weighted by molar-refractivity contribution is 8.00. The van der Waals surface area contributed by atoms with Gasteiger partial charge < -0.3 is 10.4 Å². The van der Waals surface area contributed by atoms with Crippen LogP contribution in [0.5, 0.6) is 0 Å². The van der Waals surface area contributed by atoms with E-state index in [1.807, 2.05) is 6.92 Å². The summed E-state index contributed by atoms with van der Waals surface area (Å²) in [7, 11) is 0. The molecule has 0 saturated heterocycles. The molecule has 2 N–H and O–H groups in total. The number of unbranched alkanes of at least 4 members (excludes halogenated alkanes) is 3. The van der Waals surface area contributed by atoms with Crippen LogP contribution in [0.3, 0.4) is 0 Å². The normalized spacial score (nSPS) is 10.5. The Bertz CT molecular complexity index is 503. The zero-order chi connectivity index (χ0) is 16.4. The summed E-state index contributed by atoms with van der Waals surface area (Å²) < 4.78 is 0. The molecule has 1 aromatic rings. The Kier molecular flexibility index (Phi) is 8.67. The van der Waals surface area contributed by atoms with Crippen molar-refractivity contribution < 1.29 is 14.7 Å². The molecule has 0 spiro atoms. The Morgan fingerprint density at radius 3 is 2.59 bits per heavy atom. The van der Waals surface area contributed by atoms with Gasteiger partial charge >= 0.3 is 5.97 Å². The topological polar surface area (TPSA) is 66.4 Å². The average Bonchev–Trinajstić information content (AvgIpc) is 2.47. The van der Waals surface area contributed by atoms with Crippen LogP contribution in [0.2, 0.25) is 0 Å². The van der Waals surface area contributed by atoms with Crippen molar-refractivity contribution in [1.82, 2.24) is 5.32 Å². The van der Waals surface area contributed by atoms with Gasteiger partial charge in [-0.05, 0) is 38.3 Å². The third-order valence-electron chi connectivity index (χ3n) is 3.34. The van der Waals surface area contributed by atoms with Crippen molar-refractivity contribution >= 4 is 23.6 Å². The van der Waals surface area contributed by atoms with Crippen LogP contribution in [0.1, 0.15) is 43.2 Å². The molecule has 0 bridgehead atoms. The second kappa shape index (κ2) is 10.3. The molecular weight excluding hydrogens is 298 g/mol. The molecule has 0 aliphatic carbocycles. The number of thioether (sulfide) groups is 1. The predicted octanol–water partition coefficient (Wildman–Crippen LogP) is 3.55. The number of amides is 1. The van der Waals surface area contributed by atoms with Crippen LogP contribution in [0.15, 0.2) is 23.1 Å². The van der Waals surface area contributed by atoms with Crippen molar-refractivity contribution in [3.8, 4) is 0 Å². The Morgan fingerprint density at radius 2 is 1.86 bits per heavy atom. The fourth-order valence-corrected chi connectivity index (χ4v) is 2.99. The molecule has 4 nitrogen and oxygen atoms in total. The molecule has 0 aromatic heterocycles. The monoisotopic (exact) mass is 323 g/mol. The molecule has 5 heteroatoms. The first-order valence-electron chi connectivity index (χ1n) is 7.67. The van der Waals surface area contributed by atoms with Crippen molar-refractivity contribution in [1.29, 1.82) is 0 Å². The summed E-state index contributed by atoms with van der Waals surface area (Å²) in [6.07, 6.45) is 3.71. The van der Waals surface area contributed by atoms with Crippen LogP contribution in [-0.4, -0.2) is 29.3 Å². The SMILES string of the molecule is Cc1ccc(C)c(SCC(=O)NCCCCCCC(=O)O)c1. The molecule has 0 atom stereocenters. The van der Waals surface area contributed by atoms with Crippen LogP contribution in [0, 0.1) is 13.8 Å². The number of carbonyl (C=O) groups excluding carboxylic acids is 1. The highest BCUT2D eigenvalue weighted by Gasteiger charge is 2.05. The van der Waals surface area contributed by atoms with Crippen molar-refractivity contribution in [2.24, 2.45) is 0 Å². The third-order valence-corrected chi connectivity index (χ3v) is 4.50. The number of aliphatic carboxylic acids is 1. The van der Waals surface area contributed by atoms with Crippen LogP contribution in [0.4, 0.5) is 0 Å². The van der Waals surface area contributed by atoms with Gasteiger partial charge in [-0.15, -0.1) is 11.8 Å². The Morgan fingerprint density at radius 1 is 1.14 bits per heavy atom. The highest BCUT2D eigenvalue weighted by Crippen LogP contribution is 2.23. The van der Waals surface area contributed by atoms with Crippen LogP contribution in [0.25, 0.3) is 0 Å². The number of benzene rings is 1. The first-order valence-corrected chi connectivity index (χ1v) is 8.66. The van der Waals surface area contributed by atoms with Gasteiger partial charge in [0.1, 0.15) is 0 Å². The molecule has 22 heavy (non-hydrogen) atoms. The van der Waals surface area contributed by atoms with Gasteiger partial charge in [0.2, 0.25) is 5.91 Å². The largest absolute Gasteiger partial charge is 0.481 e. The van der Waals surface area contributed by atoms with E-state index < -0.39 is 5.97 Å². The number of nitrogens with one attached hydrogen (secondary N) is 1. The lowest BCUT2D eigenvalue weighted by molar-refractivity contribution is -0.137. The van der Waals surface area contributed by atoms with E-state index in [0.29, 0.717) is 18.7 Å². The lowest BCUT2D eigenvalue weighted by Crippen LogP contribution is -2.26. The van der Waals surface area contributed by atoms with E-state index in [0.717, 1.165) is 24.2 Å². The van der Waals surface area contributed by atoms with E-state index in [4.69, 9.17) is 5.11 Å². The third kappa shape index (κ3) is 8.08. The lowest BCUT2D eigenvalue weighted by Gasteiger charge is -2.08. The second-order valence-corrected chi connectivity index (χ2v) is 6.48. The van der Waals surface area contributed by atoms with E-state index in [9.17, 15) is 9.59 Å². The van der Waals surface area contributed by atoms with Crippen LogP contribution >= 0.6 is 11.8 Å². The Labute approximate surface area is 136 Å². The fraction of sp³-hybridized carbons (Fsp3) is 0.529. The van der Waals surface area contributed by atoms with Crippen molar-refractivity contribution in [2.75, 3.05) is 12.3 Å². The molecule has 1 aromatic carbocycles. The first-order chi connectivity index (χ1) is 10.5. The average molecular weight is 323 g/mol. The molecule has 122 valence electrons. The number of rotatable bonds is 10. The zero-order valence-corrected chi connectivity index (χ0v) is 14.2.